The minimum Gasteiger partial charge on any atom is -0.497 e. The molecule has 0 aliphatic carbocycles. The van der Waals surface area contributed by atoms with E-state index in [1.165, 1.54) is 10.9 Å². The number of aromatic nitrogens is 5. The van der Waals surface area contributed by atoms with Crippen molar-refractivity contribution < 1.29 is 4.74 Å². The molecule has 0 aliphatic rings. The normalized spacial score (nSPS) is 11.0. The van der Waals surface area contributed by atoms with Crippen molar-refractivity contribution in [2.45, 2.75) is 13.1 Å². The third-order valence-electron chi connectivity index (χ3n) is 4.14. The van der Waals surface area contributed by atoms with E-state index in [0.29, 0.717) is 35.4 Å². The summed E-state index contributed by atoms with van der Waals surface area (Å²) in [5.41, 5.74) is 2.34. The standard InChI is InChI=1S/C19H17N5O2/c1-26-16-7-8-17-18(9-16)20-13-23(19(17)25)11-15-12-24(22-21-15)10-14-5-3-2-4-6-14/h2-9,12-13H,10-11H2,1H3. The van der Waals surface area contributed by atoms with Gasteiger partial charge in [-0.15, -0.1) is 5.10 Å². The van der Waals surface area contributed by atoms with E-state index in [1.807, 2.05) is 36.5 Å². The van der Waals surface area contributed by atoms with Crippen LogP contribution >= 0.6 is 0 Å². The zero-order chi connectivity index (χ0) is 17.9. The van der Waals surface area contributed by atoms with Crippen LogP contribution in [0, 0.1) is 0 Å². The third kappa shape index (κ3) is 3.19. The quantitative estimate of drug-likeness (QED) is 0.553. The highest BCUT2D eigenvalue weighted by Gasteiger charge is 2.08. The molecule has 130 valence electrons. The number of hydrogen-bond donors (Lipinski definition) is 0. The van der Waals surface area contributed by atoms with E-state index in [1.54, 1.807) is 30.0 Å². The highest BCUT2D eigenvalue weighted by molar-refractivity contribution is 5.78. The maximum Gasteiger partial charge on any atom is 0.261 e. The van der Waals surface area contributed by atoms with Gasteiger partial charge < -0.3 is 4.74 Å². The van der Waals surface area contributed by atoms with Crippen LogP contribution in [-0.2, 0) is 13.1 Å². The van der Waals surface area contributed by atoms with Gasteiger partial charge in [-0.25, -0.2) is 9.67 Å². The molecule has 4 aromatic rings. The molecular formula is C19H17N5O2. The van der Waals surface area contributed by atoms with Gasteiger partial charge in [-0.3, -0.25) is 9.36 Å². The maximum atomic E-state index is 12.7. The monoisotopic (exact) mass is 347 g/mol. The second-order valence-electron chi connectivity index (χ2n) is 5.95. The predicted molar refractivity (Wildman–Crippen MR) is 97.2 cm³/mol. The Hall–Kier alpha value is -3.48. The number of rotatable bonds is 5. The number of hydrogen-bond acceptors (Lipinski definition) is 5. The van der Waals surface area contributed by atoms with E-state index in [-0.39, 0.29) is 5.56 Å². The molecule has 7 heteroatoms. The summed E-state index contributed by atoms with van der Waals surface area (Å²) in [6.45, 7) is 0.959. The van der Waals surface area contributed by atoms with Crippen molar-refractivity contribution >= 4 is 10.9 Å². The van der Waals surface area contributed by atoms with Crippen LogP contribution in [0.15, 0.2) is 65.8 Å². The van der Waals surface area contributed by atoms with Crippen molar-refractivity contribution in [3.63, 3.8) is 0 Å². The SMILES string of the molecule is COc1ccc2c(=O)n(Cc3cn(Cc4ccccc4)nn3)cnc2c1. The minimum atomic E-state index is -0.115. The second kappa shape index (κ2) is 6.79. The van der Waals surface area contributed by atoms with Gasteiger partial charge in [0.05, 0.1) is 43.6 Å². The first kappa shape index (κ1) is 16.0. The molecule has 26 heavy (non-hydrogen) atoms. The van der Waals surface area contributed by atoms with E-state index in [2.05, 4.69) is 15.3 Å². The molecule has 0 aliphatic heterocycles. The van der Waals surface area contributed by atoms with Crippen LogP contribution in [0.1, 0.15) is 11.3 Å². The summed E-state index contributed by atoms with van der Waals surface area (Å²) in [7, 11) is 1.58. The molecule has 0 N–H and O–H groups in total. The Morgan fingerprint density at radius 1 is 1.08 bits per heavy atom. The first-order valence-electron chi connectivity index (χ1n) is 8.19. The lowest BCUT2D eigenvalue weighted by molar-refractivity contribution is 0.415. The molecule has 4 rings (SSSR count). The highest BCUT2D eigenvalue weighted by Crippen LogP contribution is 2.16. The van der Waals surface area contributed by atoms with Crippen molar-refractivity contribution in [1.82, 2.24) is 24.5 Å². The van der Waals surface area contributed by atoms with E-state index in [9.17, 15) is 4.79 Å². The number of benzene rings is 2. The summed E-state index contributed by atoms with van der Waals surface area (Å²) in [5, 5.41) is 8.84. The largest absolute Gasteiger partial charge is 0.497 e. The van der Waals surface area contributed by atoms with Crippen LogP contribution in [-0.4, -0.2) is 31.7 Å². The number of methoxy groups -OCH3 is 1. The van der Waals surface area contributed by atoms with E-state index < -0.39 is 0 Å². The zero-order valence-corrected chi connectivity index (χ0v) is 14.2. The fourth-order valence-electron chi connectivity index (χ4n) is 2.81. The topological polar surface area (TPSA) is 74.8 Å². The van der Waals surface area contributed by atoms with Gasteiger partial charge in [0.25, 0.3) is 5.56 Å². The summed E-state index contributed by atoms with van der Waals surface area (Å²) in [5.74, 6) is 0.672. The van der Waals surface area contributed by atoms with E-state index >= 15 is 0 Å². The molecule has 0 unspecified atom stereocenters. The van der Waals surface area contributed by atoms with Gasteiger partial charge in [0.2, 0.25) is 0 Å². The van der Waals surface area contributed by atoms with Gasteiger partial charge in [0, 0.05) is 6.07 Å². The second-order valence-corrected chi connectivity index (χ2v) is 5.95. The molecule has 0 radical (unpaired) electrons. The van der Waals surface area contributed by atoms with Gasteiger partial charge in [-0.05, 0) is 17.7 Å². The Kier molecular flexibility index (Phi) is 4.18. The summed E-state index contributed by atoms with van der Waals surface area (Å²) >= 11 is 0. The van der Waals surface area contributed by atoms with Gasteiger partial charge in [0.15, 0.2) is 0 Å². The van der Waals surface area contributed by atoms with Crippen LogP contribution in [0.3, 0.4) is 0 Å². The average molecular weight is 347 g/mol. The summed E-state index contributed by atoms with van der Waals surface area (Å²) < 4.78 is 8.46. The first-order chi connectivity index (χ1) is 12.7. The van der Waals surface area contributed by atoms with Crippen LogP contribution in [0.4, 0.5) is 0 Å². The minimum absolute atomic E-state index is 0.115. The zero-order valence-electron chi connectivity index (χ0n) is 14.2. The number of ether oxygens (including phenoxy) is 1. The first-order valence-corrected chi connectivity index (χ1v) is 8.19. The van der Waals surface area contributed by atoms with Crippen molar-refractivity contribution in [2.75, 3.05) is 7.11 Å². The molecule has 2 aromatic heterocycles. The number of fused-ring (bicyclic) bond motifs is 1. The lowest BCUT2D eigenvalue weighted by Gasteiger charge is -2.05. The van der Waals surface area contributed by atoms with Crippen molar-refractivity contribution in [1.29, 1.82) is 0 Å². The van der Waals surface area contributed by atoms with Crippen molar-refractivity contribution in [3.8, 4) is 5.75 Å². The lowest BCUT2D eigenvalue weighted by Crippen LogP contribution is -2.21. The van der Waals surface area contributed by atoms with Gasteiger partial charge >= 0.3 is 0 Å². The Morgan fingerprint density at radius 2 is 1.92 bits per heavy atom. The van der Waals surface area contributed by atoms with Gasteiger partial charge in [0.1, 0.15) is 11.4 Å². The molecular weight excluding hydrogens is 330 g/mol. The third-order valence-corrected chi connectivity index (χ3v) is 4.14. The van der Waals surface area contributed by atoms with Gasteiger partial charge in [-0.2, -0.15) is 0 Å². The molecule has 0 saturated carbocycles. The predicted octanol–water partition coefficient (Wildman–Crippen LogP) is 2.09. The Bertz CT molecular complexity index is 1100. The summed E-state index contributed by atoms with van der Waals surface area (Å²) in [6.07, 6.45) is 3.37. The van der Waals surface area contributed by atoms with Crippen LogP contribution in [0.2, 0.25) is 0 Å². The average Bonchev–Trinajstić information content (AvgIpc) is 3.11. The molecule has 0 fully saturated rings. The van der Waals surface area contributed by atoms with Crippen molar-refractivity contribution in [3.05, 3.63) is 82.7 Å². The van der Waals surface area contributed by atoms with Crippen LogP contribution in [0.5, 0.6) is 5.75 Å². The smallest absolute Gasteiger partial charge is 0.261 e. The molecule has 0 spiro atoms. The Morgan fingerprint density at radius 3 is 2.73 bits per heavy atom. The Labute approximate surface area is 149 Å². The molecule has 0 atom stereocenters. The lowest BCUT2D eigenvalue weighted by atomic mass is 10.2. The maximum absolute atomic E-state index is 12.7. The molecule has 0 amide bonds. The fourth-order valence-corrected chi connectivity index (χ4v) is 2.81. The molecule has 2 aromatic carbocycles. The van der Waals surface area contributed by atoms with Crippen LogP contribution in [0.25, 0.3) is 10.9 Å². The Balaban J connectivity index is 1.58. The molecule has 7 nitrogen and oxygen atoms in total. The fraction of sp³-hybridized carbons (Fsp3) is 0.158. The van der Waals surface area contributed by atoms with Crippen LogP contribution < -0.4 is 10.3 Å². The number of nitrogens with zero attached hydrogens (tertiary/aromatic N) is 5. The molecule has 2 heterocycles. The van der Waals surface area contributed by atoms with E-state index in [0.717, 1.165) is 5.56 Å². The van der Waals surface area contributed by atoms with Gasteiger partial charge in [-0.1, -0.05) is 35.5 Å². The van der Waals surface area contributed by atoms with E-state index in [4.69, 9.17) is 4.74 Å². The summed E-state index contributed by atoms with van der Waals surface area (Å²) in [6, 6.07) is 15.3. The van der Waals surface area contributed by atoms with Crippen molar-refractivity contribution in [2.24, 2.45) is 0 Å². The summed E-state index contributed by atoms with van der Waals surface area (Å²) in [4.78, 5) is 17.0. The molecule has 0 saturated heterocycles. The highest BCUT2D eigenvalue weighted by atomic mass is 16.5. The molecule has 0 bridgehead atoms.